The quantitative estimate of drug-likeness (QED) is 0.438. The molecule has 1 aromatic carbocycles. The Morgan fingerprint density at radius 1 is 0.946 bits per heavy atom. The summed E-state index contributed by atoms with van der Waals surface area (Å²) in [7, 11) is 0. The number of carbonyl (C=O) groups excluding carboxylic acids is 2. The molecule has 2 fully saturated rings. The average molecular weight is 516 g/mol. The van der Waals surface area contributed by atoms with Crippen molar-refractivity contribution in [1.29, 1.82) is 0 Å². The molecule has 10 heteroatoms. The number of benzene rings is 1. The lowest BCUT2D eigenvalue weighted by molar-refractivity contribution is -0.131. The van der Waals surface area contributed by atoms with Crippen LogP contribution in [0.15, 0.2) is 54.3 Å². The van der Waals surface area contributed by atoms with Crippen molar-refractivity contribution in [1.82, 2.24) is 29.7 Å². The molecule has 0 atom stereocenters. The van der Waals surface area contributed by atoms with E-state index in [1.54, 1.807) is 29.8 Å². The molecule has 9 nitrogen and oxygen atoms in total. The van der Waals surface area contributed by atoms with E-state index in [9.17, 15) is 9.59 Å². The van der Waals surface area contributed by atoms with Crippen LogP contribution in [0.25, 0.3) is 10.9 Å². The fraction of sp³-hybridized carbons (Fsp3) is 0.370. The summed E-state index contributed by atoms with van der Waals surface area (Å²) in [4.78, 5) is 48.6. The highest BCUT2D eigenvalue weighted by molar-refractivity contribution is 7.09. The summed E-state index contributed by atoms with van der Waals surface area (Å²) in [6.07, 6.45) is 7.57. The number of rotatable bonds is 5. The Hall–Kier alpha value is -3.79. The third kappa shape index (κ3) is 4.93. The van der Waals surface area contributed by atoms with Crippen LogP contribution in [0, 0.1) is 0 Å². The number of thiazole rings is 1. The van der Waals surface area contributed by atoms with Gasteiger partial charge < -0.3 is 19.7 Å². The predicted octanol–water partition coefficient (Wildman–Crippen LogP) is 3.33. The van der Waals surface area contributed by atoms with Gasteiger partial charge in [0.05, 0.1) is 11.4 Å². The van der Waals surface area contributed by atoms with Gasteiger partial charge in [0, 0.05) is 80.1 Å². The van der Waals surface area contributed by atoms with Gasteiger partial charge in [-0.3, -0.25) is 9.59 Å². The first-order chi connectivity index (χ1) is 18.2. The summed E-state index contributed by atoms with van der Waals surface area (Å²) in [6, 6.07) is 9.88. The van der Waals surface area contributed by atoms with E-state index in [4.69, 9.17) is 4.98 Å². The first-order valence-electron chi connectivity index (χ1n) is 12.7. The molecule has 2 saturated heterocycles. The molecule has 2 aliphatic rings. The van der Waals surface area contributed by atoms with E-state index in [2.05, 4.69) is 25.9 Å². The summed E-state index contributed by atoms with van der Waals surface area (Å²) in [5, 5.41) is 4.00. The fourth-order valence-electron chi connectivity index (χ4n) is 5.23. The van der Waals surface area contributed by atoms with Gasteiger partial charge in [-0.2, -0.15) is 0 Å². The zero-order valence-corrected chi connectivity index (χ0v) is 21.4. The van der Waals surface area contributed by atoms with Crippen molar-refractivity contribution in [2.75, 3.05) is 44.2 Å². The monoisotopic (exact) mass is 515 g/mol. The Morgan fingerprint density at radius 3 is 2.49 bits per heavy atom. The van der Waals surface area contributed by atoms with E-state index in [0.29, 0.717) is 44.2 Å². The van der Waals surface area contributed by atoms with Gasteiger partial charge in [0.15, 0.2) is 0 Å². The molecule has 6 rings (SSSR count). The smallest absolute Gasteiger partial charge is 0.273 e. The van der Waals surface area contributed by atoms with Crippen LogP contribution in [0.1, 0.15) is 39.8 Å². The summed E-state index contributed by atoms with van der Waals surface area (Å²) in [6.45, 7) is 4.10. The maximum Gasteiger partial charge on any atom is 0.273 e. The average Bonchev–Trinajstić information content (AvgIpc) is 3.61. The normalized spacial score (nSPS) is 16.9. The molecule has 0 spiro atoms. The molecule has 3 aromatic heterocycles. The van der Waals surface area contributed by atoms with E-state index in [1.165, 1.54) is 0 Å². The van der Waals surface area contributed by atoms with E-state index in [0.717, 1.165) is 47.4 Å². The molecule has 2 amide bonds. The van der Waals surface area contributed by atoms with Crippen LogP contribution < -0.4 is 4.90 Å². The number of para-hydroxylation sites is 1. The number of hydrogen-bond donors (Lipinski definition) is 1. The number of carbonyl (C=O) groups is 2. The van der Waals surface area contributed by atoms with Crippen molar-refractivity contribution < 1.29 is 9.59 Å². The van der Waals surface area contributed by atoms with E-state index in [1.807, 2.05) is 39.6 Å². The second kappa shape index (κ2) is 10.3. The molecule has 37 heavy (non-hydrogen) atoms. The topological polar surface area (TPSA) is 98.3 Å². The van der Waals surface area contributed by atoms with Gasteiger partial charge >= 0.3 is 0 Å². The number of amides is 2. The highest BCUT2D eigenvalue weighted by atomic mass is 32.1. The summed E-state index contributed by atoms with van der Waals surface area (Å²) < 4.78 is 0. The molecule has 5 heterocycles. The Labute approximate surface area is 219 Å². The molecular weight excluding hydrogens is 486 g/mol. The predicted molar refractivity (Wildman–Crippen MR) is 143 cm³/mol. The fourth-order valence-corrected chi connectivity index (χ4v) is 6.19. The van der Waals surface area contributed by atoms with Gasteiger partial charge in [0.1, 0.15) is 5.69 Å². The van der Waals surface area contributed by atoms with Gasteiger partial charge in [0.2, 0.25) is 11.9 Å². The van der Waals surface area contributed by atoms with Crippen LogP contribution in [0.2, 0.25) is 0 Å². The van der Waals surface area contributed by atoms with E-state index in [-0.39, 0.29) is 17.7 Å². The lowest BCUT2D eigenvalue weighted by atomic mass is 9.97. The molecule has 190 valence electrons. The standard InChI is InChI=1S/C27H29N7O2S/c35-24(16-20-17-30-22-5-2-1-4-21(20)22)32-10-6-19(7-11-32)25-31-23(18-37-25)26(36)33-12-14-34(15-13-33)27-28-8-3-9-29-27/h1-5,8-9,17-19,30H,6-7,10-16H2. The van der Waals surface area contributed by atoms with E-state index >= 15 is 0 Å². The summed E-state index contributed by atoms with van der Waals surface area (Å²) in [5.41, 5.74) is 2.63. The van der Waals surface area contributed by atoms with Crippen molar-refractivity contribution in [2.45, 2.75) is 25.2 Å². The number of fused-ring (bicyclic) bond motifs is 1. The summed E-state index contributed by atoms with van der Waals surface area (Å²) >= 11 is 1.56. The highest BCUT2D eigenvalue weighted by Crippen LogP contribution is 2.31. The molecule has 4 aromatic rings. The molecule has 0 saturated carbocycles. The largest absolute Gasteiger partial charge is 0.361 e. The highest BCUT2D eigenvalue weighted by Gasteiger charge is 2.29. The van der Waals surface area contributed by atoms with Crippen LogP contribution >= 0.6 is 11.3 Å². The second-order valence-electron chi connectivity index (χ2n) is 9.59. The van der Waals surface area contributed by atoms with Crippen molar-refractivity contribution in [3.05, 3.63) is 70.6 Å². The number of likely N-dealkylation sites (tertiary alicyclic amines) is 1. The van der Waals surface area contributed by atoms with Crippen LogP contribution in [-0.2, 0) is 11.2 Å². The SMILES string of the molecule is O=C(Cc1c[nH]c2ccccc12)N1CCC(c2nc(C(=O)N3CCN(c4ncccn4)CC3)cs2)CC1. The molecule has 0 radical (unpaired) electrons. The first-order valence-corrected chi connectivity index (χ1v) is 13.6. The Morgan fingerprint density at radius 2 is 1.70 bits per heavy atom. The Bertz CT molecular complexity index is 1390. The van der Waals surface area contributed by atoms with Crippen LogP contribution in [-0.4, -0.2) is 80.8 Å². The lowest BCUT2D eigenvalue weighted by Crippen LogP contribution is -2.49. The van der Waals surface area contributed by atoms with Crippen molar-refractivity contribution in [3.63, 3.8) is 0 Å². The lowest BCUT2D eigenvalue weighted by Gasteiger charge is -2.34. The van der Waals surface area contributed by atoms with Crippen molar-refractivity contribution in [2.24, 2.45) is 0 Å². The molecule has 0 bridgehead atoms. The maximum absolute atomic E-state index is 13.1. The minimum absolute atomic E-state index is 0.0116. The number of piperidine rings is 1. The molecule has 0 aliphatic carbocycles. The van der Waals surface area contributed by atoms with Crippen molar-refractivity contribution >= 4 is 40.0 Å². The number of anilines is 1. The minimum Gasteiger partial charge on any atom is -0.361 e. The van der Waals surface area contributed by atoms with Gasteiger partial charge in [-0.05, 0) is 30.5 Å². The van der Waals surface area contributed by atoms with Crippen LogP contribution in [0.5, 0.6) is 0 Å². The maximum atomic E-state index is 13.1. The number of hydrogen-bond acceptors (Lipinski definition) is 7. The van der Waals surface area contributed by atoms with Crippen LogP contribution in [0.4, 0.5) is 5.95 Å². The van der Waals surface area contributed by atoms with Gasteiger partial charge in [-0.15, -0.1) is 11.3 Å². The molecular formula is C27H29N7O2S. The van der Waals surface area contributed by atoms with Crippen molar-refractivity contribution in [3.8, 4) is 0 Å². The molecule has 2 aliphatic heterocycles. The first kappa shape index (κ1) is 23.6. The zero-order chi connectivity index (χ0) is 25.2. The second-order valence-corrected chi connectivity index (χ2v) is 10.5. The molecule has 1 N–H and O–H groups in total. The number of aromatic nitrogens is 4. The zero-order valence-electron chi connectivity index (χ0n) is 20.5. The number of piperazine rings is 1. The number of nitrogens with one attached hydrogen (secondary N) is 1. The third-order valence-corrected chi connectivity index (χ3v) is 8.36. The minimum atomic E-state index is -0.0116. The van der Waals surface area contributed by atoms with E-state index < -0.39 is 0 Å². The Kier molecular flexibility index (Phi) is 6.57. The molecule has 0 unspecified atom stereocenters. The third-order valence-electron chi connectivity index (χ3n) is 7.36. The van der Waals surface area contributed by atoms with Gasteiger partial charge in [0.25, 0.3) is 5.91 Å². The summed E-state index contributed by atoms with van der Waals surface area (Å²) in [5.74, 6) is 1.15. The van der Waals surface area contributed by atoms with Gasteiger partial charge in [-0.1, -0.05) is 18.2 Å². The van der Waals surface area contributed by atoms with Gasteiger partial charge in [-0.25, -0.2) is 15.0 Å². The van der Waals surface area contributed by atoms with Crippen LogP contribution in [0.3, 0.4) is 0 Å². The Balaban J connectivity index is 1.01. The number of H-pyrrole nitrogens is 1. The number of nitrogens with zero attached hydrogens (tertiary/aromatic N) is 6. The number of aromatic amines is 1.